The summed E-state index contributed by atoms with van der Waals surface area (Å²) in [5.41, 5.74) is -2.55. The van der Waals surface area contributed by atoms with Crippen molar-refractivity contribution in [2.24, 2.45) is 56.7 Å². The van der Waals surface area contributed by atoms with Crippen LogP contribution < -0.4 is 0 Å². The molecule has 4 saturated carbocycles. The minimum absolute atomic E-state index is 0.0289. The van der Waals surface area contributed by atoms with E-state index in [9.17, 15) is 50.4 Å². The molecule has 14 nitrogen and oxygen atoms in total. The van der Waals surface area contributed by atoms with E-state index >= 15 is 0 Å². The lowest BCUT2D eigenvalue weighted by atomic mass is 9.33. The van der Waals surface area contributed by atoms with Crippen molar-refractivity contribution >= 4 is 11.9 Å². The molecule has 0 aromatic carbocycles. The number of aliphatic hydroxyl groups excluding tert-OH is 6. The molecule has 7 rings (SSSR count). The molecule has 56 heavy (non-hydrogen) atoms. The lowest BCUT2D eigenvalue weighted by Gasteiger charge is -2.70. The van der Waals surface area contributed by atoms with Gasteiger partial charge in [0.1, 0.15) is 42.7 Å². The molecule has 8 N–H and O–H groups in total. The number of rotatable bonds is 7. The summed E-state index contributed by atoms with van der Waals surface area (Å²) in [5, 5.41) is 85.2. The Hall–Kier alpha value is -1.72. The molecule has 0 amide bonds. The topological polar surface area (TPSA) is 233 Å². The first-order chi connectivity index (χ1) is 26.1. The smallest absolute Gasteiger partial charge is 0.314 e. The highest BCUT2D eigenvalue weighted by Crippen LogP contribution is 2.76. The van der Waals surface area contributed by atoms with Crippen LogP contribution in [0.2, 0.25) is 0 Å². The van der Waals surface area contributed by atoms with Gasteiger partial charge < -0.3 is 59.8 Å². The van der Waals surface area contributed by atoms with Crippen molar-refractivity contribution in [3.63, 3.8) is 0 Å². The summed E-state index contributed by atoms with van der Waals surface area (Å²) < 4.78 is 24.0. The summed E-state index contributed by atoms with van der Waals surface area (Å²) in [4.78, 5) is 27.0. The van der Waals surface area contributed by atoms with Gasteiger partial charge in [0, 0.05) is 0 Å². The highest BCUT2D eigenvalue weighted by Gasteiger charge is 2.73. The lowest BCUT2D eigenvalue weighted by molar-refractivity contribution is -0.364. The fraction of sp³-hybridized carbons (Fsp3) is 0.905. The number of fused-ring (bicyclic) bond motifs is 7. The summed E-state index contributed by atoms with van der Waals surface area (Å²) in [6.45, 7) is 14.1. The zero-order valence-corrected chi connectivity index (χ0v) is 33.9. The second kappa shape index (κ2) is 14.5. The number of hydrogen-bond donors (Lipinski definition) is 8. The molecule has 0 radical (unpaired) electrons. The number of aliphatic hydroxyl groups is 6. The number of ether oxygens (including phenoxy) is 4. The Morgan fingerprint density at radius 1 is 0.750 bits per heavy atom. The molecule has 2 saturated heterocycles. The summed E-state index contributed by atoms with van der Waals surface area (Å²) >= 11 is 0. The maximum Gasteiger partial charge on any atom is 0.314 e. The quantitative estimate of drug-likeness (QED) is 0.137. The molecule has 5 aliphatic carbocycles. The monoisotopic (exact) mass is 794 g/mol. The second-order valence-corrected chi connectivity index (χ2v) is 20.0. The summed E-state index contributed by atoms with van der Waals surface area (Å²) in [6, 6.07) is 0. The molecule has 2 heterocycles. The third-order valence-corrected chi connectivity index (χ3v) is 17.4. The zero-order valence-electron chi connectivity index (χ0n) is 33.9. The van der Waals surface area contributed by atoms with Gasteiger partial charge in [0.05, 0.1) is 29.6 Å². The van der Waals surface area contributed by atoms with Crippen LogP contribution in [0.1, 0.15) is 106 Å². The first-order valence-corrected chi connectivity index (χ1v) is 20.9. The summed E-state index contributed by atoms with van der Waals surface area (Å²) in [7, 11) is 0. The van der Waals surface area contributed by atoms with E-state index in [1.54, 1.807) is 6.92 Å². The predicted molar refractivity (Wildman–Crippen MR) is 198 cm³/mol. The Morgan fingerprint density at radius 2 is 1.41 bits per heavy atom. The molecule has 0 bridgehead atoms. The largest absolute Gasteiger partial charge is 0.481 e. The van der Waals surface area contributed by atoms with E-state index in [4.69, 9.17) is 18.9 Å². The van der Waals surface area contributed by atoms with E-state index in [0.717, 1.165) is 24.8 Å². The third kappa shape index (κ3) is 5.85. The fourth-order valence-electron chi connectivity index (χ4n) is 14.0. The first-order valence-electron chi connectivity index (χ1n) is 20.9. The normalized spacial score (nSPS) is 54.1. The van der Waals surface area contributed by atoms with Gasteiger partial charge in [-0.15, -0.1) is 0 Å². The first kappa shape index (κ1) is 42.4. The summed E-state index contributed by atoms with van der Waals surface area (Å²) in [6.07, 6.45) is -6.76. The molecular formula is C42H66O14. The van der Waals surface area contributed by atoms with Gasteiger partial charge in [-0.2, -0.15) is 0 Å². The van der Waals surface area contributed by atoms with Crippen molar-refractivity contribution in [1.82, 2.24) is 0 Å². The van der Waals surface area contributed by atoms with Crippen molar-refractivity contribution < 1.29 is 69.4 Å². The Bertz CT molecular complexity index is 1550. The second-order valence-electron chi connectivity index (χ2n) is 20.0. The maximum atomic E-state index is 13.9. The van der Waals surface area contributed by atoms with Gasteiger partial charge in [-0.25, -0.2) is 0 Å². The van der Waals surface area contributed by atoms with Crippen molar-refractivity contribution in [3.8, 4) is 0 Å². The molecule has 3 unspecified atom stereocenters. The van der Waals surface area contributed by atoms with Gasteiger partial charge in [-0.05, 0) is 111 Å². The van der Waals surface area contributed by atoms with E-state index in [0.29, 0.717) is 44.4 Å². The minimum Gasteiger partial charge on any atom is -0.481 e. The van der Waals surface area contributed by atoms with Crippen LogP contribution in [0.15, 0.2) is 11.6 Å². The van der Waals surface area contributed by atoms with E-state index in [-0.39, 0.29) is 35.2 Å². The van der Waals surface area contributed by atoms with E-state index < -0.39 is 102 Å². The maximum absolute atomic E-state index is 13.9. The molecule has 7 aliphatic rings. The highest BCUT2D eigenvalue weighted by molar-refractivity contribution is 5.84. The zero-order chi connectivity index (χ0) is 41.1. The van der Waals surface area contributed by atoms with Gasteiger partial charge in [0.2, 0.25) is 0 Å². The Labute approximate surface area is 329 Å². The average Bonchev–Trinajstić information content (AvgIpc) is 3.14. The number of carbonyl (C=O) groups is 2. The van der Waals surface area contributed by atoms with Gasteiger partial charge in [0.25, 0.3) is 0 Å². The third-order valence-electron chi connectivity index (χ3n) is 17.4. The van der Waals surface area contributed by atoms with Crippen molar-refractivity contribution in [1.29, 1.82) is 0 Å². The van der Waals surface area contributed by atoms with Crippen LogP contribution in [0.25, 0.3) is 0 Å². The van der Waals surface area contributed by atoms with Gasteiger partial charge in [-0.3, -0.25) is 9.59 Å². The molecule has 318 valence electrons. The van der Waals surface area contributed by atoms with Crippen LogP contribution in [0, 0.1) is 56.7 Å². The predicted octanol–water partition coefficient (Wildman–Crippen LogP) is 2.83. The number of carboxylic acids is 2. The van der Waals surface area contributed by atoms with Crippen LogP contribution in [0.5, 0.6) is 0 Å². The van der Waals surface area contributed by atoms with E-state index in [1.807, 2.05) is 0 Å². The Balaban J connectivity index is 1.11. The van der Waals surface area contributed by atoms with Crippen LogP contribution >= 0.6 is 0 Å². The number of carboxylic acid groups (broad SMARTS) is 2. The van der Waals surface area contributed by atoms with Crippen molar-refractivity contribution in [2.75, 3.05) is 6.61 Å². The molecule has 0 aromatic rings. The lowest BCUT2D eigenvalue weighted by Crippen LogP contribution is -2.68. The molecule has 0 aromatic heterocycles. The van der Waals surface area contributed by atoms with Crippen molar-refractivity contribution in [3.05, 3.63) is 11.6 Å². The number of aliphatic carboxylic acids is 2. The Morgan fingerprint density at radius 3 is 2.05 bits per heavy atom. The SMILES string of the molecule is C[C@H]1CC[C@@]2(C(=O)O)CC[C@@]3(C(=O)O)C(=CCC4[C@]5(C)CC[C@@H](O[C@H]6O[C@H](C)[C@@H](O[C@H]7O[C@@H](CO)[C@H](O)[C@@H](O)[C@@H]7O)[C@H](O)[C@@H]6O)C(C)(C)C5CC[C@@]43C)C2[C@@H]1C. The number of allylic oxidation sites excluding steroid dienone is 1. The minimum atomic E-state index is -1.69. The molecular weight excluding hydrogens is 728 g/mol. The highest BCUT2D eigenvalue weighted by atomic mass is 16.7. The van der Waals surface area contributed by atoms with Crippen molar-refractivity contribution in [2.45, 2.75) is 174 Å². The molecule has 6 fully saturated rings. The average molecular weight is 795 g/mol. The molecule has 20 atom stereocenters. The molecule has 0 spiro atoms. The van der Waals surface area contributed by atoms with E-state index in [1.165, 1.54) is 0 Å². The van der Waals surface area contributed by atoms with Crippen LogP contribution in [-0.4, -0.2) is 127 Å². The van der Waals surface area contributed by atoms with E-state index in [2.05, 4.69) is 47.6 Å². The summed E-state index contributed by atoms with van der Waals surface area (Å²) in [5.74, 6) is -1.45. The standard InChI is InChI=1S/C42H66O14/c1-19-10-15-41(36(49)50)16-17-42(37(51)52)22(27(41)20(19)2)8-9-25-39(6)13-12-26(38(4,5)24(39)11-14-40(25,42)7)55-34-32(48)30(46)33(21(3)53-34)56-35-31(47)29(45)28(44)23(18-43)54-35/h8,19-21,23-35,43-48H,9-18H2,1-7H3,(H,49,50)(H,51,52)/t19-,20+,21+,23-,24?,25?,26+,27?,28-,29+,30+,31-,32-,33+,34+,35+,39+,40-,41+,42-/m0/s1. The van der Waals surface area contributed by atoms with Crippen LogP contribution in [-0.2, 0) is 28.5 Å². The number of hydrogen-bond acceptors (Lipinski definition) is 12. The van der Waals surface area contributed by atoms with Crippen LogP contribution in [0.4, 0.5) is 0 Å². The van der Waals surface area contributed by atoms with Gasteiger partial charge in [0.15, 0.2) is 12.6 Å². The fourth-order valence-corrected chi connectivity index (χ4v) is 14.0. The Kier molecular flexibility index (Phi) is 11.0. The van der Waals surface area contributed by atoms with Gasteiger partial charge in [-0.1, -0.05) is 53.2 Å². The molecule has 14 heteroatoms. The molecule has 2 aliphatic heterocycles. The van der Waals surface area contributed by atoms with Gasteiger partial charge >= 0.3 is 11.9 Å². The van der Waals surface area contributed by atoms with Crippen LogP contribution in [0.3, 0.4) is 0 Å².